The molecule has 6 heteroatoms. The van der Waals surface area contributed by atoms with E-state index in [9.17, 15) is 0 Å². The second kappa shape index (κ2) is 2.81. The summed E-state index contributed by atoms with van der Waals surface area (Å²) in [4.78, 5) is 11.9. The van der Waals surface area contributed by atoms with Crippen LogP contribution in [0.25, 0.3) is 5.95 Å². The van der Waals surface area contributed by atoms with Gasteiger partial charge in [-0.1, -0.05) is 0 Å². The van der Waals surface area contributed by atoms with E-state index in [1.807, 2.05) is 0 Å². The van der Waals surface area contributed by atoms with Crippen LogP contribution in [-0.2, 0) is 0 Å². The summed E-state index contributed by atoms with van der Waals surface area (Å²) in [5.74, 6) is 1.23. The quantitative estimate of drug-likeness (QED) is 0.658. The van der Waals surface area contributed by atoms with Gasteiger partial charge >= 0.3 is 0 Å². The average Bonchev–Trinajstić information content (AvgIpc) is 2.53. The molecule has 13 heavy (non-hydrogen) atoms. The van der Waals surface area contributed by atoms with Crippen LogP contribution in [0.3, 0.4) is 0 Å². The molecule has 0 saturated carbocycles. The molecule has 0 fully saturated rings. The highest BCUT2D eigenvalue weighted by Crippen LogP contribution is 2.00. The molecule has 0 saturated heterocycles. The number of rotatable bonds is 1. The van der Waals surface area contributed by atoms with Gasteiger partial charge in [-0.15, -0.1) is 0 Å². The Bertz CT molecular complexity index is 387. The fourth-order valence-corrected chi connectivity index (χ4v) is 0.978. The zero-order chi connectivity index (χ0) is 9.26. The Morgan fingerprint density at radius 3 is 2.77 bits per heavy atom. The first kappa shape index (κ1) is 7.66. The Labute approximate surface area is 74.5 Å². The molecule has 0 bridgehead atoms. The lowest BCUT2D eigenvalue weighted by atomic mass is 10.7. The Balaban J connectivity index is 2.53. The molecule has 2 heterocycles. The van der Waals surface area contributed by atoms with Gasteiger partial charge in [-0.25, -0.2) is 4.68 Å². The van der Waals surface area contributed by atoms with Gasteiger partial charge in [-0.3, -0.25) is 0 Å². The third-order valence-corrected chi connectivity index (χ3v) is 1.46. The summed E-state index contributed by atoms with van der Waals surface area (Å²) in [5, 5.41) is 3.98. The molecule has 66 valence electrons. The summed E-state index contributed by atoms with van der Waals surface area (Å²) in [6.07, 6.45) is 3.39. The van der Waals surface area contributed by atoms with Crippen molar-refractivity contribution in [3.05, 3.63) is 24.3 Å². The van der Waals surface area contributed by atoms with Gasteiger partial charge in [0.15, 0.2) is 0 Å². The number of aryl methyl sites for hydroxylation is 1. The summed E-state index contributed by atoms with van der Waals surface area (Å²) in [6, 6.07) is 1.79. The van der Waals surface area contributed by atoms with E-state index < -0.39 is 0 Å². The van der Waals surface area contributed by atoms with Crippen LogP contribution < -0.4 is 5.73 Å². The summed E-state index contributed by atoms with van der Waals surface area (Å²) < 4.78 is 1.53. The molecule has 0 aliphatic carbocycles. The lowest BCUT2D eigenvalue weighted by Crippen LogP contribution is -2.07. The van der Waals surface area contributed by atoms with Gasteiger partial charge in [-0.2, -0.15) is 20.1 Å². The minimum absolute atomic E-state index is 0.206. The number of nitrogens with two attached hydrogens (primary N) is 1. The molecule has 0 aromatic carbocycles. The molecule has 0 aliphatic heterocycles. The number of anilines is 1. The van der Waals surface area contributed by atoms with Crippen molar-refractivity contribution in [3.63, 3.8) is 0 Å². The average molecular weight is 176 g/mol. The largest absolute Gasteiger partial charge is 0.368 e. The Kier molecular flexibility index (Phi) is 1.66. The number of nitrogen functional groups attached to an aromatic ring is 1. The van der Waals surface area contributed by atoms with Crippen molar-refractivity contribution >= 4 is 5.95 Å². The van der Waals surface area contributed by atoms with Crippen molar-refractivity contribution in [2.24, 2.45) is 0 Å². The standard InChI is InChI=1S/C7H8N6/c1-5-10-6(8)12-7(11-5)13-4-2-3-9-13/h2-4H,1H3,(H2,8,10,11,12). The zero-order valence-corrected chi connectivity index (χ0v) is 7.05. The molecule has 0 unspecified atom stereocenters. The third-order valence-electron chi connectivity index (χ3n) is 1.46. The topological polar surface area (TPSA) is 82.5 Å². The second-order valence-electron chi connectivity index (χ2n) is 2.49. The van der Waals surface area contributed by atoms with E-state index in [0.29, 0.717) is 11.8 Å². The van der Waals surface area contributed by atoms with E-state index >= 15 is 0 Å². The van der Waals surface area contributed by atoms with Crippen molar-refractivity contribution in [1.29, 1.82) is 0 Å². The molecule has 0 atom stereocenters. The Morgan fingerprint density at radius 1 is 1.31 bits per heavy atom. The van der Waals surface area contributed by atoms with E-state index in [1.54, 1.807) is 25.4 Å². The maximum atomic E-state index is 5.46. The normalized spacial score (nSPS) is 10.2. The van der Waals surface area contributed by atoms with Gasteiger partial charge in [0.1, 0.15) is 5.82 Å². The lowest BCUT2D eigenvalue weighted by molar-refractivity contribution is 0.787. The second-order valence-corrected chi connectivity index (χ2v) is 2.49. The van der Waals surface area contributed by atoms with E-state index in [1.165, 1.54) is 4.68 Å². The first-order valence-corrected chi connectivity index (χ1v) is 3.74. The van der Waals surface area contributed by atoms with Gasteiger partial charge in [0, 0.05) is 12.4 Å². The highest BCUT2D eigenvalue weighted by molar-refractivity contribution is 5.21. The first-order chi connectivity index (χ1) is 6.25. The number of hydrogen-bond donors (Lipinski definition) is 1. The van der Waals surface area contributed by atoms with Crippen LogP contribution in [0, 0.1) is 6.92 Å². The molecular formula is C7H8N6. The molecule has 0 spiro atoms. The van der Waals surface area contributed by atoms with Crippen LogP contribution in [0.4, 0.5) is 5.95 Å². The maximum Gasteiger partial charge on any atom is 0.255 e. The monoisotopic (exact) mass is 176 g/mol. The highest BCUT2D eigenvalue weighted by atomic mass is 15.4. The number of nitrogens with zero attached hydrogens (tertiary/aromatic N) is 5. The van der Waals surface area contributed by atoms with Crippen molar-refractivity contribution in [3.8, 4) is 5.95 Å². The summed E-state index contributed by atoms with van der Waals surface area (Å²) in [6.45, 7) is 1.76. The third kappa shape index (κ3) is 1.46. The lowest BCUT2D eigenvalue weighted by Gasteiger charge is -2.00. The Hall–Kier alpha value is -1.98. The van der Waals surface area contributed by atoms with Crippen molar-refractivity contribution in [1.82, 2.24) is 24.7 Å². The van der Waals surface area contributed by atoms with Crippen LogP contribution in [-0.4, -0.2) is 24.7 Å². The van der Waals surface area contributed by atoms with Crippen LogP contribution in [0.2, 0.25) is 0 Å². The van der Waals surface area contributed by atoms with Gasteiger partial charge in [0.05, 0.1) is 0 Å². The molecule has 2 rings (SSSR count). The van der Waals surface area contributed by atoms with Gasteiger partial charge in [0.2, 0.25) is 5.95 Å². The molecule has 2 N–H and O–H groups in total. The predicted molar refractivity (Wildman–Crippen MR) is 46.1 cm³/mol. The van der Waals surface area contributed by atoms with Crippen molar-refractivity contribution in [2.75, 3.05) is 5.73 Å². The molecule has 0 amide bonds. The first-order valence-electron chi connectivity index (χ1n) is 3.74. The van der Waals surface area contributed by atoms with Crippen LogP contribution >= 0.6 is 0 Å². The molecular weight excluding hydrogens is 168 g/mol. The fourth-order valence-electron chi connectivity index (χ4n) is 0.978. The van der Waals surface area contributed by atoms with E-state index in [4.69, 9.17) is 5.73 Å². The Morgan fingerprint density at radius 2 is 2.15 bits per heavy atom. The van der Waals surface area contributed by atoms with Crippen LogP contribution in [0.15, 0.2) is 18.5 Å². The summed E-state index contributed by atoms with van der Waals surface area (Å²) in [7, 11) is 0. The minimum Gasteiger partial charge on any atom is -0.368 e. The zero-order valence-electron chi connectivity index (χ0n) is 7.05. The number of aromatic nitrogens is 5. The van der Waals surface area contributed by atoms with Crippen molar-refractivity contribution in [2.45, 2.75) is 6.92 Å². The number of hydrogen-bond acceptors (Lipinski definition) is 5. The van der Waals surface area contributed by atoms with Crippen LogP contribution in [0.1, 0.15) is 5.82 Å². The van der Waals surface area contributed by atoms with E-state index in [0.717, 1.165) is 0 Å². The molecule has 2 aromatic heterocycles. The van der Waals surface area contributed by atoms with Gasteiger partial charge in [0.25, 0.3) is 5.95 Å². The van der Waals surface area contributed by atoms with Crippen LogP contribution in [0.5, 0.6) is 0 Å². The SMILES string of the molecule is Cc1nc(N)nc(-n2cccn2)n1. The predicted octanol–water partition coefficient (Wildman–Crippen LogP) is -0.0521. The summed E-state index contributed by atoms with van der Waals surface area (Å²) >= 11 is 0. The molecule has 2 aromatic rings. The minimum atomic E-state index is 0.206. The molecule has 6 nitrogen and oxygen atoms in total. The van der Waals surface area contributed by atoms with Gasteiger partial charge < -0.3 is 5.73 Å². The highest BCUT2D eigenvalue weighted by Gasteiger charge is 2.02. The summed E-state index contributed by atoms with van der Waals surface area (Å²) in [5.41, 5.74) is 5.46. The molecule has 0 aliphatic rings. The van der Waals surface area contributed by atoms with E-state index in [-0.39, 0.29) is 5.95 Å². The fraction of sp³-hybridized carbons (Fsp3) is 0.143. The van der Waals surface area contributed by atoms with Gasteiger partial charge in [-0.05, 0) is 13.0 Å². The van der Waals surface area contributed by atoms with E-state index in [2.05, 4.69) is 20.1 Å². The smallest absolute Gasteiger partial charge is 0.255 e. The van der Waals surface area contributed by atoms with Crippen molar-refractivity contribution < 1.29 is 0 Å². The maximum absolute atomic E-state index is 5.46. The molecule has 0 radical (unpaired) electrons.